The Bertz CT molecular complexity index is 634. The molecule has 20 heavy (non-hydrogen) atoms. The molecule has 1 fully saturated rings. The monoisotopic (exact) mass is 284 g/mol. The molecule has 2 heterocycles. The van der Waals surface area contributed by atoms with Crippen LogP contribution in [-0.2, 0) is 9.53 Å². The summed E-state index contributed by atoms with van der Waals surface area (Å²) in [7, 11) is 0. The third kappa shape index (κ3) is 2.58. The minimum absolute atomic E-state index is 0.0421. The van der Waals surface area contributed by atoms with Crippen LogP contribution in [0.25, 0.3) is 0 Å². The van der Waals surface area contributed by atoms with Crippen LogP contribution in [0, 0.1) is 6.92 Å². The number of carbonyl (C=O) groups excluding carboxylic acids is 1. The fourth-order valence-electron chi connectivity index (χ4n) is 2.16. The number of nitrogens with one attached hydrogen (secondary N) is 1. The van der Waals surface area contributed by atoms with Crippen LogP contribution >= 0.6 is 0 Å². The Hall–Kier alpha value is -1.77. The number of aliphatic hydroxyl groups is 2. The molecule has 2 rings (SSSR count). The Balaban J connectivity index is 2.29. The Morgan fingerprint density at radius 1 is 1.55 bits per heavy atom. The van der Waals surface area contributed by atoms with Crippen LogP contribution in [0.5, 0.6) is 0 Å². The number of nitrogens with zero attached hydrogens (tertiary/aromatic N) is 1. The zero-order valence-electron chi connectivity index (χ0n) is 11.1. The number of aliphatic hydroxyl groups excluding tert-OH is 2. The number of ketones is 1. The van der Waals surface area contributed by atoms with E-state index in [1.165, 1.54) is 20.0 Å². The lowest BCUT2D eigenvalue weighted by atomic mass is 10.1. The van der Waals surface area contributed by atoms with Crippen molar-refractivity contribution in [2.45, 2.75) is 44.8 Å². The molecule has 110 valence electrons. The quantitative estimate of drug-likeness (QED) is 0.617. The van der Waals surface area contributed by atoms with E-state index in [4.69, 9.17) is 4.74 Å². The van der Waals surface area contributed by atoms with E-state index in [1.54, 1.807) is 0 Å². The normalized spacial score (nSPS) is 27.5. The fourth-order valence-corrected chi connectivity index (χ4v) is 2.16. The maximum absolute atomic E-state index is 11.7. The first-order chi connectivity index (χ1) is 9.31. The predicted octanol–water partition coefficient (Wildman–Crippen LogP) is -1.56. The number of hydrogen-bond acceptors (Lipinski definition) is 6. The average Bonchev–Trinajstić information content (AvgIpc) is 2.74. The Labute approximate surface area is 113 Å². The van der Waals surface area contributed by atoms with Crippen molar-refractivity contribution in [2.24, 2.45) is 0 Å². The maximum Gasteiger partial charge on any atom is 0.330 e. The molecule has 1 aliphatic heterocycles. The van der Waals surface area contributed by atoms with E-state index in [1.807, 2.05) is 0 Å². The Morgan fingerprint density at radius 3 is 2.80 bits per heavy atom. The van der Waals surface area contributed by atoms with Gasteiger partial charge in [-0.2, -0.15) is 0 Å². The number of H-pyrrole nitrogens is 1. The fraction of sp³-hybridized carbons (Fsp3) is 0.583. The lowest BCUT2D eigenvalue weighted by molar-refractivity contribution is -0.139. The van der Waals surface area contributed by atoms with Gasteiger partial charge in [0.15, 0.2) is 5.78 Å². The molecular weight excluding hydrogens is 268 g/mol. The molecule has 1 aromatic rings. The summed E-state index contributed by atoms with van der Waals surface area (Å²) < 4.78 is 6.51. The van der Waals surface area contributed by atoms with Crippen LogP contribution in [-0.4, -0.2) is 43.9 Å². The van der Waals surface area contributed by atoms with Gasteiger partial charge >= 0.3 is 5.69 Å². The SMILES string of the molecule is CC(=O)C(O)[C@H]1O[C@@H](n2cc(C)c(=O)[nH]c2=O)C[C@@H]1O. The second-order valence-electron chi connectivity index (χ2n) is 4.89. The van der Waals surface area contributed by atoms with E-state index in [2.05, 4.69) is 4.98 Å². The summed E-state index contributed by atoms with van der Waals surface area (Å²) in [5.74, 6) is -0.528. The summed E-state index contributed by atoms with van der Waals surface area (Å²) in [4.78, 5) is 36.3. The molecule has 0 bridgehead atoms. The highest BCUT2D eigenvalue weighted by atomic mass is 16.5. The van der Waals surface area contributed by atoms with Crippen LogP contribution in [0.15, 0.2) is 15.8 Å². The van der Waals surface area contributed by atoms with Gasteiger partial charge in [0.1, 0.15) is 18.4 Å². The van der Waals surface area contributed by atoms with Crippen molar-refractivity contribution < 1.29 is 19.7 Å². The second-order valence-corrected chi connectivity index (χ2v) is 4.89. The second kappa shape index (κ2) is 5.31. The number of aromatic nitrogens is 2. The molecule has 0 saturated carbocycles. The molecule has 1 aliphatic rings. The number of rotatable bonds is 3. The highest BCUT2D eigenvalue weighted by Gasteiger charge is 2.41. The van der Waals surface area contributed by atoms with Crippen molar-refractivity contribution in [2.75, 3.05) is 0 Å². The van der Waals surface area contributed by atoms with Crippen LogP contribution in [0.4, 0.5) is 0 Å². The summed E-state index contributed by atoms with van der Waals surface area (Å²) in [6.45, 7) is 2.71. The third-order valence-electron chi connectivity index (χ3n) is 3.32. The van der Waals surface area contributed by atoms with Crippen molar-refractivity contribution in [3.8, 4) is 0 Å². The predicted molar refractivity (Wildman–Crippen MR) is 67.3 cm³/mol. The van der Waals surface area contributed by atoms with E-state index in [9.17, 15) is 24.6 Å². The van der Waals surface area contributed by atoms with Crippen molar-refractivity contribution in [3.63, 3.8) is 0 Å². The average molecular weight is 284 g/mol. The minimum atomic E-state index is -1.45. The first-order valence-electron chi connectivity index (χ1n) is 6.15. The van der Waals surface area contributed by atoms with Crippen molar-refractivity contribution in [1.82, 2.24) is 9.55 Å². The van der Waals surface area contributed by atoms with Gasteiger partial charge in [-0.15, -0.1) is 0 Å². The molecule has 0 amide bonds. The third-order valence-corrected chi connectivity index (χ3v) is 3.32. The molecule has 1 saturated heterocycles. The van der Waals surface area contributed by atoms with Crippen LogP contribution < -0.4 is 11.2 Å². The topological polar surface area (TPSA) is 122 Å². The summed E-state index contributed by atoms with van der Waals surface area (Å²) in [5, 5.41) is 19.5. The number of aromatic amines is 1. The maximum atomic E-state index is 11.7. The van der Waals surface area contributed by atoms with Gasteiger partial charge in [-0.05, 0) is 13.8 Å². The lowest BCUT2D eigenvalue weighted by Gasteiger charge is -2.19. The summed E-state index contributed by atoms with van der Waals surface area (Å²) >= 11 is 0. The van der Waals surface area contributed by atoms with Crippen molar-refractivity contribution in [1.29, 1.82) is 0 Å². The van der Waals surface area contributed by atoms with E-state index < -0.39 is 41.6 Å². The van der Waals surface area contributed by atoms with Gasteiger partial charge < -0.3 is 14.9 Å². The smallest absolute Gasteiger partial charge is 0.330 e. The number of aryl methyl sites for hydroxylation is 1. The molecule has 1 unspecified atom stereocenters. The number of ether oxygens (including phenoxy) is 1. The largest absolute Gasteiger partial charge is 0.390 e. The Kier molecular flexibility index (Phi) is 3.89. The van der Waals surface area contributed by atoms with Gasteiger partial charge in [0.25, 0.3) is 5.56 Å². The molecule has 0 radical (unpaired) electrons. The van der Waals surface area contributed by atoms with Crippen LogP contribution in [0.1, 0.15) is 25.1 Å². The number of Topliss-reactive ketones (excluding diaryl/α,β-unsaturated/α-hetero) is 1. The first-order valence-corrected chi connectivity index (χ1v) is 6.15. The van der Waals surface area contributed by atoms with Gasteiger partial charge in [0.2, 0.25) is 0 Å². The Morgan fingerprint density at radius 2 is 2.20 bits per heavy atom. The van der Waals surface area contributed by atoms with Gasteiger partial charge in [-0.3, -0.25) is 19.1 Å². The van der Waals surface area contributed by atoms with Gasteiger partial charge in [-0.1, -0.05) is 0 Å². The lowest BCUT2D eigenvalue weighted by Crippen LogP contribution is -2.39. The van der Waals surface area contributed by atoms with E-state index in [-0.39, 0.29) is 6.42 Å². The number of hydrogen-bond donors (Lipinski definition) is 3. The van der Waals surface area contributed by atoms with Gasteiger partial charge in [-0.25, -0.2) is 4.79 Å². The van der Waals surface area contributed by atoms with Crippen LogP contribution in [0.2, 0.25) is 0 Å². The van der Waals surface area contributed by atoms with E-state index in [0.717, 1.165) is 4.57 Å². The molecule has 0 spiro atoms. The molecule has 8 heteroatoms. The standard InChI is InChI=1S/C12H16N2O6/c1-5-4-14(12(19)13-11(5)18)8-3-7(16)10(20-8)9(17)6(2)15/h4,7-10,16-17H,3H2,1-2H3,(H,13,18,19)/t7-,8+,9?,10-/m0/s1. The molecule has 8 nitrogen and oxygen atoms in total. The summed E-state index contributed by atoms with van der Waals surface area (Å²) in [6, 6.07) is 0. The molecule has 4 atom stereocenters. The molecule has 0 aromatic carbocycles. The zero-order valence-corrected chi connectivity index (χ0v) is 11.1. The van der Waals surface area contributed by atoms with Gasteiger partial charge in [0.05, 0.1) is 6.10 Å². The highest BCUT2D eigenvalue weighted by Crippen LogP contribution is 2.29. The summed E-state index contributed by atoms with van der Waals surface area (Å²) in [5.41, 5.74) is -0.848. The van der Waals surface area contributed by atoms with Gasteiger partial charge in [0, 0.05) is 18.2 Å². The molecular formula is C12H16N2O6. The van der Waals surface area contributed by atoms with Crippen molar-refractivity contribution >= 4 is 5.78 Å². The molecule has 1 aromatic heterocycles. The van der Waals surface area contributed by atoms with E-state index >= 15 is 0 Å². The van der Waals surface area contributed by atoms with Crippen molar-refractivity contribution in [3.05, 3.63) is 32.6 Å². The molecule has 0 aliphatic carbocycles. The number of carbonyl (C=O) groups is 1. The minimum Gasteiger partial charge on any atom is -0.390 e. The van der Waals surface area contributed by atoms with E-state index in [0.29, 0.717) is 5.56 Å². The first kappa shape index (κ1) is 14.6. The summed E-state index contributed by atoms with van der Waals surface area (Å²) in [6.07, 6.45) is -3.09. The van der Waals surface area contributed by atoms with Crippen LogP contribution in [0.3, 0.4) is 0 Å². The zero-order chi connectivity index (χ0) is 15.0. The molecule has 3 N–H and O–H groups in total. The highest BCUT2D eigenvalue weighted by molar-refractivity contribution is 5.80.